The van der Waals surface area contributed by atoms with E-state index in [4.69, 9.17) is 23.2 Å². The van der Waals surface area contributed by atoms with E-state index in [0.29, 0.717) is 21.3 Å². The highest BCUT2D eigenvalue weighted by molar-refractivity contribution is 7.92. The van der Waals surface area contributed by atoms with E-state index >= 15 is 0 Å². The molecule has 0 radical (unpaired) electrons. The molecule has 0 fully saturated rings. The average molecular weight is 605 g/mol. The number of aryl methyl sites for hydroxylation is 2. The first kappa shape index (κ1) is 31.5. The van der Waals surface area contributed by atoms with Crippen LogP contribution in [0.2, 0.25) is 10.0 Å². The first-order valence-corrected chi connectivity index (χ1v) is 15.0. The molecule has 0 aromatic heterocycles. The van der Waals surface area contributed by atoms with Gasteiger partial charge in [-0.1, -0.05) is 59.1 Å². The number of hydrogen-bond donors (Lipinski definition) is 1. The topological polar surface area (TPSA) is 86.8 Å². The lowest BCUT2D eigenvalue weighted by Crippen LogP contribution is -2.54. The number of amides is 2. The number of nitrogens with zero attached hydrogens (tertiary/aromatic N) is 2. The van der Waals surface area contributed by atoms with Gasteiger partial charge in [0.05, 0.1) is 20.6 Å². The molecule has 3 aromatic carbocycles. The first-order valence-electron chi connectivity index (χ1n) is 12.8. The number of rotatable bonds is 9. The van der Waals surface area contributed by atoms with E-state index < -0.39 is 34.1 Å². The van der Waals surface area contributed by atoms with Gasteiger partial charge in [-0.05, 0) is 89.1 Å². The summed E-state index contributed by atoms with van der Waals surface area (Å²) in [5.74, 6) is -0.927. The Morgan fingerprint density at radius 2 is 1.55 bits per heavy atom. The smallest absolute Gasteiger partial charge is 0.264 e. The standard InChI is InChI=1S/C30H35Cl2N3O4S/c1-20-10-13-25(14-11-20)40(38,39)35(24-9-7-8-21(2)16-24)19-28(36)34(22(3)29(37)33-30(4,5)6)18-23-12-15-26(31)27(32)17-23/h7-17,22H,18-19H2,1-6H3,(H,33,37). The number of sulfonamides is 1. The highest BCUT2D eigenvalue weighted by atomic mass is 35.5. The average Bonchev–Trinajstić information content (AvgIpc) is 2.86. The third-order valence-corrected chi connectivity index (χ3v) is 8.71. The molecule has 2 amide bonds. The molecule has 1 N–H and O–H groups in total. The summed E-state index contributed by atoms with van der Waals surface area (Å²) >= 11 is 12.3. The lowest BCUT2D eigenvalue weighted by molar-refractivity contribution is -0.140. The van der Waals surface area contributed by atoms with Crippen LogP contribution in [-0.4, -0.2) is 43.3 Å². The Kier molecular flexibility index (Phi) is 9.93. The fourth-order valence-corrected chi connectivity index (χ4v) is 5.77. The van der Waals surface area contributed by atoms with E-state index in [1.165, 1.54) is 17.0 Å². The maximum atomic E-state index is 14.0. The number of carbonyl (C=O) groups excluding carboxylic acids is 2. The van der Waals surface area contributed by atoms with Crippen molar-refractivity contribution in [2.24, 2.45) is 0 Å². The Balaban J connectivity index is 2.05. The van der Waals surface area contributed by atoms with E-state index in [2.05, 4.69) is 5.32 Å². The van der Waals surface area contributed by atoms with Crippen LogP contribution in [0.15, 0.2) is 71.6 Å². The molecular formula is C30H35Cl2N3O4S. The summed E-state index contributed by atoms with van der Waals surface area (Å²) in [5, 5.41) is 3.57. The summed E-state index contributed by atoms with van der Waals surface area (Å²) in [5.41, 5.74) is 2.19. The number of nitrogens with one attached hydrogen (secondary N) is 1. The minimum Gasteiger partial charge on any atom is -0.350 e. The van der Waals surface area contributed by atoms with Gasteiger partial charge in [-0.15, -0.1) is 0 Å². The zero-order valence-electron chi connectivity index (χ0n) is 23.5. The molecule has 0 saturated heterocycles. The molecule has 0 aliphatic heterocycles. The van der Waals surface area contributed by atoms with Crippen LogP contribution in [0.4, 0.5) is 5.69 Å². The fourth-order valence-electron chi connectivity index (χ4n) is 4.04. The minimum absolute atomic E-state index is 0.0146. The van der Waals surface area contributed by atoms with E-state index in [1.807, 2.05) is 40.7 Å². The van der Waals surface area contributed by atoms with Crippen LogP contribution in [0, 0.1) is 13.8 Å². The van der Waals surface area contributed by atoms with Crippen molar-refractivity contribution in [3.05, 3.63) is 93.5 Å². The monoisotopic (exact) mass is 603 g/mol. The van der Waals surface area contributed by atoms with Crippen molar-refractivity contribution in [3.63, 3.8) is 0 Å². The Labute approximate surface area is 247 Å². The van der Waals surface area contributed by atoms with E-state index in [0.717, 1.165) is 15.4 Å². The Morgan fingerprint density at radius 1 is 0.900 bits per heavy atom. The number of carbonyl (C=O) groups is 2. The van der Waals surface area contributed by atoms with Gasteiger partial charge in [-0.3, -0.25) is 13.9 Å². The molecule has 0 saturated carbocycles. The summed E-state index contributed by atoms with van der Waals surface area (Å²) in [6.45, 7) is 10.3. The molecule has 3 aromatic rings. The molecule has 40 heavy (non-hydrogen) atoms. The van der Waals surface area contributed by atoms with Crippen LogP contribution in [0.1, 0.15) is 44.4 Å². The Bertz CT molecular complexity index is 1490. The molecule has 10 heteroatoms. The van der Waals surface area contributed by atoms with Crippen molar-refractivity contribution in [3.8, 4) is 0 Å². The number of halogens is 2. The zero-order valence-corrected chi connectivity index (χ0v) is 25.9. The molecule has 0 aliphatic rings. The lowest BCUT2D eigenvalue weighted by atomic mass is 10.1. The molecule has 0 spiro atoms. The summed E-state index contributed by atoms with van der Waals surface area (Å²) in [7, 11) is -4.13. The molecule has 1 unspecified atom stereocenters. The summed E-state index contributed by atoms with van der Waals surface area (Å²) in [6, 6.07) is 17.4. The maximum Gasteiger partial charge on any atom is 0.264 e. The predicted octanol–water partition coefficient (Wildman–Crippen LogP) is 6.14. The predicted molar refractivity (Wildman–Crippen MR) is 161 cm³/mol. The SMILES string of the molecule is Cc1ccc(S(=O)(=O)N(CC(=O)N(Cc2ccc(Cl)c(Cl)c2)C(C)C(=O)NC(C)(C)C)c2cccc(C)c2)cc1. The normalized spacial score (nSPS) is 12.5. The van der Waals surface area contributed by atoms with Gasteiger partial charge in [0, 0.05) is 12.1 Å². The van der Waals surface area contributed by atoms with Crippen LogP contribution in [0.5, 0.6) is 0 Å². The van der Waals surface area contributed by atoms with Crippen LogP contribution in [0.25, 0.3) is 0 Å². The second-order valence-electron chi connectivity index (χ2n) is 10.8. The van der Waals surface area contributed by atoms with Gasteiger partial charge in [0.1, 0.15) is 12.6 Å². The molecule has 0 aliphatic carbocycles. The van der Waals surface area contributed by atoms with Crippen molar-refractivity contribution < 1.29 is 18.0 Å². The van der Waals surface area contributed by atoms with Gasteiger partial charge in [-0.2, -0.15) is 0 Å². The second-order valence-corrected chi connectivity index (χ2v) is 13.5. The summed E-state index contributed by atoms with van der Waals surface area (Å²) in [6.07, 6.45) is 0. The largest absolute Gasteiger partial charge is 0.350 e. The molecule has 214 valence electrons. The molecule has 3 rings (SSSR count). The van der Waals surface area contributed by atoms with E-state index in [9.17, 15) is 18.0 Å². The van der Waals surface area contributed by atoms with Crippen LogP contribution in [0.3, 0.4) is 0 Å². The van der Waals surface area contributed by atoms with E-state index in [-0.39, 0.29) is 17.3 Å². The highest BCUT2D eigenvalue weighted by Crippen LogP contribution is 2.27. The third kappa shape index (κ3) is 7.99. The molecule has 1 atom stereocenters. The zero-order chi connectivity index (χ0) is 29.8. The number of anilines is 1. The quantitative estimate of drug-likeness (QED) is 0.318. The Morgan fingerprint density at radius 3 is 2.12 bits per heavy atom. The third-order valence-electron chi connectivity index (χ3n) is 6.18. The van der Waals surface area contributed by atoms with Crippen LogP contribution in [-0.2, 0) is 26.2 Å². The van der Waals surface area contributed by atoms with Gasteiger partial charge in [-0.25, -0.2) is 8.42 Å². The minimum atomic E-state index is -4.13. The first-order chi connectivity index (χ1) is 18.6. The second kappa shape index (κ2) is 12.6. The summed E-state index contributed by atoms with van der Waals surface area (Å²) in [4.78, 5) is 28.6. The van der Waals surface area contributed by atoms with E-state index in [1.54, 1.807) is 55.5 Å². The highest BCUT2D eigenvalue weighted by Gasteiger charge is 2.33. The number of hydrogen-bond acceptors (Lipinski definition) is 4. The Hall–Kier alpha value is -3.07. The van der Waals surface area contributed by atoms with Gasteiger partial charge in [0.2, 0.25) is 11.8 Å². The van der Waals surface area contributed by atoms with Crippen molar-refractivity contribution in [2.45, 2.75) is 64.6 Å². The van der Waals surface area contributed by atoms with Crippen molar-refractivity contribution in [1.29, 1.82) is 0 Å². The summed E-state index contributed by atoms with van der Waals surface area (Å²) < 4.78 is 28.9. The maximum absolute atomic E-state index is 14.0. The van der Waals surface area contributed by atoms with Crippen LogP contribution >= 0.6 is 23.2 Å². The lowest BCUT2D eigenvalue weighted by Gasteiger charge is -2.33. The number of benzene rings is 3. The van der Waals surface area contributed by atoms with Crippen molar-refractivity contribution in [2.75, 3.05) is 10.8 Å². The van der Waals surface area contributed by atoms with Gasteiger partial charge in [0.15, 0.2) is 0 Å². The molecule has 0 heterocycles. The van der Waals surface area contributed by atoms with Gasteiger partial charge in [0.25, 0.3) is 10.0 Å². The van der Waals surface area contributed by atoms with Crippen molar-refractivity contribution >= 4 is 50.7 Å². The van der Waals surface area contributed by atoms with Crippen LogP contribution < -0.4 is 9.62 Å². The van der Waals surface area contributed by atoms with Crippen molar-refractivity contribution in [1.82, 2.24) is 10.2 Å². The molecular weight excluding hydrogens is 569 g/mol. The van der Waals surface area contributed by atoms with Gasteiger partial charge >= 0.3 is 0 Å². The van der Waals surface area contributed by atoms with Gasteiger partial charge < -0.3 is 10.2 Å². The molecule has 0 bridgehead atoms. The molecule has 7 nitrogen and oxygen atoms in total. The fraction of sp³-hybridized carbons (Fsp3) is 0.333.